The molecule has 0 heterocycles. The van der Waals surface area contributed by atoms with Crippen LogP contribution in [0.1, 0.15) is 15.9 Å². The molecule has 0 aliphatic rings. The van der Waals surface area contributed by atoms with Gasteiger partial charge in [-0.05, 0) is 35.9 Å². The van der Waals surface area contributed by atoms with E-state index in [1.807, 2.05) is 66.7 Å². The molecule has 3 aromatic carbocycles. The van der Waals surface area contributed by atoms with Gasteiger partial charge in [-0.2, -0.15) is 0 Å². The van der Waals surface area contributed by atoms with E-state index in [-0.39, 0.29) is 18.2 Å². The fraction of sp³-hybridized carbons (Fsp3) is 0.0476. The van der Waals surface area contributed by atoms with Crippen LogP contribution in [0, 0.1) is 0 Å². The third-order valence-electron chi connectivity index (χ3n) is 3.70. The Morgan fingerprint density at radius 1 is 0.640 bits per heavy atom. The smallest absolute Gasteiger partial charge is 0.255 e. The van der Waals surface area contributed by atoms with Gasteiger partial charge in [0.2, 0.25) is 5.91 Å². The molecule has 2 amide bonds. The fourth-order valence-electron chi connectivity index (χ4n) is 2.52. The molecule has 0 fully saturated rings. The number of carbonyl (C=O) groups is 2. The Balaban J connectivity index is 1.72. The minimum absolute atomic E-state index is 0.132. The van der Waals surface area contributed by atoms with E-state index in [4.69, 9.17) is 0 Å². The minimum atomic E-state index is -0.227. The van der Waals surface area contributed by atoms with Crippen molar-refractivity contribution in [3.8, 4) is 0 Å². The van der Waals surface area contributed by atoms with Crippen LogP contribution in [0.2, 0.25) is 0 Å². The van der Waals surface area contributed by atoms with Gasteiger partial charge in [-0.25, -0.2) is 0 Å². The van der Waals surface area contributed by atoms with Crippen molar-refractivity contribution in [3.63, 3.8) is 0 Å². The van der Waals surface area contributed by atoms with Crippen LogP contribution in [0.5, 0.6) is 0 Å². The molecule has 0 atom stereocenters. The minimum Gasteiger partial charge on any atom is -0.326 e. The van der Waals surface area contributed by atoms with Crippen LogP contribution in [-0.2, 0) is 11.2 Å². The molecule has 2 N–H and O–H groups in total. The average Bonchev–Trinajstić information content (AvgIpc) is 2.63. The molecular formula is C21H18N2O2. The Kier molecular flexibility index (Phi) is 5.22. The van der Waals surface area contributed by atoms with Crippen LogP contribution >= 0.6 is 0 Å². The van der Waals surface area contributed by atoms with Gasteiger partial charge in [-0.15, -0.1) is 0 Å². The second kappa shape index (κ2) is 7.93. The number of hydrogen-bond acceptors (Lipinski definition) is 2. The van der Waals surface area contributed by atoms with Crippen LogP contribution < -0.4 is 10.6 Å². The van der Waals surface area contributed by atoms with Crippen molar-refractivity contribution in [2.75, 3.05) is 10.6 Å². The van der Waals surface area contributed by atoms with Crippen LogP contribution in [0.15, 0.2) is 84.9 Å². The maximum atomic E-state index is 12.5. The van der Waals surface area contributed by atoms with Crippen molar-refractivity contribution in [1.82, 2.24) is 0 Å². The summed E-state index contributed by atoms with van der Waals surface area (Å²) in [6.45, 7) is 0. The van der Waals surface area contributed by atoms with Crippen molar-refractivity contribution in [2.45, 2.75) is 6.42 Å². The quantitative estimate of drug-likeness (QED) is 0.739. The Morgan fingerprint density at radius 2 is 1.16 bits per heavy atom. The molecule has 0 bridgehead atoms. The van der Waals surface area contributed by atoms with Gasteiger partial charge in [-0.3, -0.25) is 9.59 Å². The standard InChI is InChI=1S/C21H18N2O2/c24-20(22-17-10-3-1-4-11-17)15-16-9-7-8-14-19(16)21(25)23-18-12-5-2-6-13-18/h1-14H,15H2,(H,22,24)(H,23,25). The molecular weight excluding hydrogens is 312 g/mol. The zero-order valence-electron chi connectivity index (χ0n) is 13.6. The highest BCUT2D eigenvalue weighted by Crippen LogP contribution is 2.14. The number of para-hydroxylation sites is 2. The number of nitrogens with one attached hydrogen (secondary N) is 2. The largest absolute Gasteiger partial charge is 0.326 e. The van der Waals surface area contributed by atoms with Crippen molar-refractivity contribution >= 4 is 23.2 Å². The molecule has 4 heteroatoms. The Hall–Kier alpha value is -3.40. The summed E-state index contributed by atoms with van der Waals surface area (Å²) in [5.41, 5.74) is 2.63. The van der Waals surface area contributed by atoms with E-state index in [0.29, 0.717) is 11.1 Å². The number of anilines is 2. The van der Waals surface area contributed by atoms with E-state index in [2.05, 4.69) is 10.6 Å². The monoisotopic (exact) mass is 330 g/mol. The van der Waals surface area contributed by atoms with Crippen LogP contribution in [0.4, 0.5) is 11.4 Å². The van der Waals surface area contributed by atoms with Gasteiger partial charge in [0.05, 0.1) is 6.42 Å². The molecule has 0 unspecified atom stereocenters. The van der Waals surface area contributed by atoms with E-state index >= 15 is 0 Å². The molecule has 0 saturated carbocycles. The van der Waals surface area contributed by atoms with E-state index in [1.54, 1.807) is 18.2 Å². The zero-order valence-corrected chi connectivity index (χ0v) is 13.6. The highest BCUT2D eigenvalue weighted by Gasteiger charge is 2.14. The first kappa shape index (κ1) is 16.5. The van der Waals surface area contributed by atoms with Crippen molar-refractivity contribution in [1.29, 1.82) is 0 Å². The summed E-state index contributed by atoms with van der Waals surface area (Å²) in [5, 5.41) is 5.69. The van der Waals surface area contributed by atoms with Crippen molar-refractivity contribution < 1.29 is 9.59 Å². The van der Waals surface area contributed by atoms with Gasteiger partial charge in [0.15, 0.2) is 0 Å². The summed E-state index contributed by atoms with van der Waals surface area (Å²) in [7, 11) is 0. The molecule has 0 aliphatic carbocycles. The van der Waals surface area contributed by atoms with E-state index in [0.717, 1.165) is 11.4 Å². The number of benzene rings is 3. The first-order valence-electron chi connectivity index (χ1n) is 8.01. The van der Waals surface area contributed by atoms with Crippen LogP contribution in [0.25, 0.3) is 0 Å². The van der Waals surface area contributed by atoms with Gasteiger partial charge in [0.25, 0.3) is 5.91 Å². The number of carbonyl (C=O) groups excluding carboxylic acids is 2. The Bertz CT molecular complexity index is 861. The molecule has 0 aliphatic heterocycles. The van der Waals surface area contributed by atoms with Gasteiger partial charge >= 0.3 is 0 Å². The van der Waals surface area contributed by atoms with Gasteiger partial charge < -0.3 is 10.6 Å². The van der Waals surface area contributed by atoms with Gasteiger partial charge in [0.1, 0.15) is 0 Å². The average molecular weight is 330 g/mol. The third kappa shape index (κ3) is 4.54. The summed E-state index contributed by atoms with van der Waals surface area (Å²) >= 11 is 0. The van der Waals surface area contributed by atoms with Crippen LogP contribution in [-0.4, -0.2) is 11.8 Å². The fourth-order valence-corrected chi connectivity index (χ4v) is 2.52. The maximum absolute atomic E-state index is 12.5. The highest BCUT2D eigenvalue weighted by atomic mass is 16.2. The highest BCUT2D eigenvalue weighted by molar-refractivity contribution is 6.06. The summed E-state index contributed by atoms with van der Waals surface area (Å²) in [5.74, 6) is -0.388. The van der Waals surface area contributed by atoms with Crippen molar-refractivity contribution in [3.05, 3.63) is 96.1 Å². The summed E-state index contributed by atoms with van der Waals surface area (Å²) in [4.78, 5) is 24.8. The second-order valence-electron chi connectivity index (χ2n) is 5.57. The SMILES string of the molecule is O=C(Cc1ccccc1C(=O)Nc1ccccc1)Nc1ccccc1. The van der Waals surface area contributed by atoms with E-state index in [9.17, 15) is 9.59 Å². The van der Waals surface area contributed by atoms with Gasteiger partial charge in [-0.1, -0.05) is 54.6 Å². The number of rotatable bonds is 5. The lowest BCUT2D eigenvalue weighted by Gasteiger charge is -2.10. The molecule has 3 rings (SSSR count). The maximum Gasteiger partial charge on any atom is 0.255 e. The number of hydrogen-bond donors (Lipinski definition) is 2. The lowest BCUT2D eigenvalue weighted by molar-refractivity contribution is -0.115. The summed E-state index contributed by atoms with van der Waals surface area (Å²) < 4.78 is 0. The predicted octanol–water partition coefficient (Wildman–Crippen LogP) is 4.12. The van der Waals surface area contributed by atoms with E-state index < -0.39 is 0 Å². The zero-order chi connectivity index (χ0) is 17.5. The first-order chi connectivity index (χ1) is 12.2. The van der Waals surface area contributed by atoms with Crippen molar-refractivity contribution in [2.24, 2.45) is 0 Å². The Labute approximate surface area is 146 Å². The first-order valence-corrected chi connectivity index (χ1v) is 8.01. The lowest BCUT2D eigenvalue weighted by atomic mass is 10.0. The Morgan fingerprint density at radius 3 is 1.80 bits per heavy atom. The van der Waals surface area contributed by atoms with Gasteiger partial charge in [0, 0.05) is 16.9 Å². The molecule has 0 aromatic heterocycles. The molecule has 124 valence electrons. The molecule has 0 saturated heterocycles. The van der Waals surface area contributed by atoms with Crippen LogP contribution in [0.3, 0.4) is 0 Å². The summed E-state index contributed by atoms with van der Waals surface area (Å²) in [6.07, 6.45) is 0.132. The molecule has 0 radical (unpaired) electrons. The lowest BCUT2D eigenvalue weighted by Crippen LogP contribution is -2.19. The second-order valence-corrected chi connectivity index (χ2v) is 5.57. The number of amides is 2. The predicted molar refractivity (Wildman–Crippen MR) is 99.6 cm³/mol. The molecule has 0 spiro atoms. The molecule has 4 nitrogen and oxygen atoms in total. The summed E-state index contributed by atoms with van der Waals surface area (Å²) in [6, 6.07) is 25.6. The third-order valence-corrected chi connectivity index (χ3v) is 3.70. The molecule has 3 aromatic rings. The van der Waals surface area contributed by atoms with E-state index in [1.165, 1.54) is 0 Å². The normalized spacial score (nSPS) is 10.1. The topological polar surface area (TPSA) is 58.2 Å². The molecule has 25 heavy (non-hydrogen) atoms.